The minimum atomic E-state index is -0.971. The van der Waals surface area contributed by atoms with Gasteiger partial charge in [0.1, 0.15) is 6.10 Å². The molecule has 1 aliphatic heterocycles. The van der Waals surface area contributed by atoms with Crippen molar-refractivity contribution in [2.24, 2.45) is 0 Å². The summed E-state index contributed by atoms with van der Waals surface area (Å²) >= 11 is 0. The Morgan fingerprint density at radius 2 is 2.29 bits per heavy atom. The molecule has 3 heterocycles. The number of rotatable bonds is 0. The molecule has 4 rings (SSSR count). The molecular formula is C12H9N3O2. The zero-order chi connectivity index (χ0) is 11.6. The molecule has 1 aliphatic rings. The lowest BCUT2D eigenvalue weighted by Gasteiger charge is -2.18. The predicted molar refractivity (Wildman–Crippen MR) is 61.0 cm³/mol. The molecule has 1 atom stereocenters. The van der Waals surface area contributed by atoms with Crippen LogP contribution in [0.5, 0.6) is 0 Å². The Labute approximate surface area is 95.9 Å². The molecule has 0 amide bonds. The minimum Gasteiger partial charge on any atom is -0.383 e. The van der Waals surface area contributed by atoms with Crippen molar-refractivity contribution in [3.05, 3.63) is 36.2 Å². The third kappa shape index (κ3) is 0.927. The van der Waals surface area contributed by atoms with Gasteiger partial charge in [-0.15, -0.1) is 0 Å². The van der Waals surface area contributed by atoms with Crippen LogP contribution in [-0.4, -0.2) is 31.1 Å². The molecule has 1 unspecified atom stereocenters. The summed E-state index contributed by atoms with van der Waals surface area (Å²) < 4.78 is 3.38. The number of carbonyl (C=O) groups excluding carboxylic acids is 1. The van der Waals surface area contributed by atoms with Crippen molar-refractivity contribution in [3.8, 4) is 0 Å². The molecular weight excluding hydrogens is 218 g/mol. The Morgan fingerprint density at radius 3 is 3.18 bits per heavy atom. The van der Waals surface area contributed by atoms with E-state index in [-0.39, 0.29) is 5.91 Å². The van der Waals surface area contributed by atoms with E-state index in [1.807, 2.05) is 28.8 Å². The van der Waals surface area contributed by atoms with E-state index < -0.39 is 6.10 Å². The Kier molecular flexibility index (Phi) is 1.45. The van der Waals surface area contributed by atoms with Crippen LogP contribution in [-0.2, 0) is 6.42 Å². The van der Waals surface area contributed by atoms with E-state index in [1.165, 1.54) is 4.57 Å². The minimum absolute atomic E-state index is 0.296. The molecule has 0 radical (unpaired) electrons. The SMILES string of the molecule is O=C1C(O)Cc2cccc3c2n1c1nccn31. The van der Waals surface area contributed by atoms with Gasteiger partial charge in [0.2, 0.25) is 5.78 Å². The monoisotopic (exact) mass is 227 g/mol. The smallest absolute Gasteiger partial charge is 0.263 e. The maximum atomic E-state index is 12.0. The van der Waals surface area contributed by atoms with Crippen molar-refractivity contribution in [1.82, 2.24) is 14.0 Å². The zero-order valence-corrected chi connectivity index (χ0v) is 8.87. The van der Waals surface area contributed by atoms with Gasteiger partial charge in [-0.25, -0.2) is 9.55 Å². The summed E-state index contributed by atoms with van der Waals surface area (Å²) in [5, 5.41) is 9.78. The maximum absolute atomic E-state index is 12.0. The highest BCUT2D eigenvalue weighted by Gasteiger charge is 2.29. The highest BCUT2D eigenvalue weighted by Crippen LogP contribution is 2.28. The number of benzene rings is 1. The van der Waals surface area contributed by atoms with E-state index in [1.54, 1.807) is 6.20 Å². The van der Waals surface area contributed by atoms with Gasteiger partial charge in [-0.1, -0.05) is 12.1 Å². The highest BCUT2D eigenvalue weighted by atomic mass is 16.3. The summed E-state index contributed by atoms with van der Waals surface area (Å²) in [5.74, 6) is 0.270. The molecule has 2 aromatic heterocycles. The second-order valence-corrected chi connectivity index (χ2v) is 4.28. The number of hydrogen-bond acceptors (Lipinski definition) is 3. The molecule has 3 aromatic rings. The Bertz CT molecular complexity index is 769. The molecule has 0 bridgehead atoms. The lowest BCUT2D eigenvalue weighted by atomic mass is 10.0. The molecule has 0 aliphatic carbocycles. The van der Waals surface area contributed by atoms with Gasteiger partial charge < -0.3 is 5.11 Å². The van der Waals surface area contributed by atoms with Crippen LogP contribution < -0.4 is 0 Å². The normalized spacial score (nSPS) is 19.4. The maximum Gasteiger partial charge on any atom is 0.263 e. The summed E-state index contributed by atoms with van der Waals surface area (Å²) in [4.78, 5) is 16.2. The van der Waals surface area contributed by atoms with Crippen LogP contribution in [0.4, 0.5) is 0 Å². The van der Waals surface area contributed by atoms with Crippen LogP contribution in [0.2, 0.25) is 0 Å². The number of fused-ring (bicyclic) bond motifs is 3. The van der Waals surface area contributed by atoms with Crippen LogP contribution in [0.25, 0.3) is 16.8 Å². The first-order valence-electron chi connectivity index (χ1n) is 5.45. The van der Waals surface area contributed by atoms with Crippen LogP contribution >= 0.6 is 0 Å². The first-order valence-corrected chi connectivity index (χ1v) is 5.45. The van der Waals surface area contributed by atoms with E-state index >= 15 is 0 Å². The Balaban J connectivity index is 2.32. The zero-order valence-electron chi connectivity index (χ0n) is 8.87. The number of para-hydroxylation sites is 1. The number of aromatic nitrogens is 3. The summed E-state index contributed by atoms with van der Waals surface area (Å²) in [6, 6.07) is 5.83. The van der Waals surface area contributed by atoms with Crippen molar-refractivity contribution in [1.29, 1.82) is 0 Å². The summed E-state index contributed by atoms with van der Waals surface area (Å²) in [6.45, 7) is 0. The number of hydrogen-bond donors (Lipinski definition) is 1. The number of nitrogens with zero attached hydrogens (tertiary/aromatic N) is 3. The lowest BCUT2D eigenvalue weighted by molar-refractivity contribution is 0.0653. The third-order valence-electron chi connectivity index (χ3n) is 3.32. The first kappa shape index (κ1) is 8.95. The van der Waals surface area contributed by atoms with Crippen molar-refractivity contribution in [3.63, 3.8) is 0 Å². The van der Waals surface area contributed by atoms with Gasteiger partial charge in [0.05, 0.1) is 11.0 Å². The van der Waals surface area contributed by atoms with Gasteiger partial charge in [0, 0.05) is 18.8 Å². The quantitative estimate of drug-likeness (QED) is 0.619. The molecule has 5 nitrogen and oxygen atoms in total. The number of imidazole rings is 2. The van der Waals surface area contributed by atoms with Crippen LogP contribution in [0.15, 0.2) is 30.6 Å². The van der Waals surface area contributed by atoms with Gasteiger partial charge in [0.15, 0.2) is 0 Å². The summed E-state index contributed by atoms with van der Waals surface area (Å²) in [5.41, 5.74) is 2.81. The van der Waals surface area contributed by atoms with E-state index in [2.05, 4.69) is 4.98 Å². The predicted octanol–water partition coefficient (Wildman–Crippen LogP) is 0.846. The number of aliphatic hydroxyl groups is 1. The molecule has 17 heavy (non-hydrogen) atoms. The van der Waals surface area contributed by atoms with Gasteiger partial charge >= 0.3 is 0 Å². The van der Waals surface area contributed by atoms with Gasteiger partial charge in [0.25, 0.3) is 5.91 Å². The van der Waals surface area contributed by atoms with Gasteiger partial charge in [-0.05, 0) is 11.6 Å². The second kappa shape index (κ2) is 2.75. The number of carbonyl (C=O) groups is 1. The average Bonchev–Trinajstić information content (AvgIpc) is 2.88. The summed E-state index contributed by atoms with van der Waals surface area (Å²) in [7, 11) is 0. The van der Waals surface area contributed by atoms with Crippen LogP contribution in [0, 0.1) is 0 Å². The van der Waals surface area contributed by atoms with Crippen molar-refractivity contribution < 1.29 is 9.90 Å². The average molecular weight is 227 g/mol. The lowest BCUT2D eigenvalue weighted by Crippen LogP contribution is -2.32. The van der Waals surface area contributed by atoms with Crippen molar-refractivity contribution in [2.45, 2.75) is 12.5 Å². The second-order valence-electron chi connectivity index (χ2n) is 4.28. The fraction of sp³-hybridized carbons (Fsp3) is 0.167. The standard InChI is InChI=1S/C12H9N3O2/c16-9-6-7-2-1-3-8-10(7)15(11(9)17)12-13-4-5-14(8)12/h1-5,9,16H,6H2. The highest BCUT2D eigenvalue weighted by molar-refractivity contribution is 6.01. The molecule has 1 aromatic carbocycles. The Hall–Kier alpha value is -2.14. The topological polar surface area (TPSA) is 59.5 Å². The van der Waals surface area contributed by atoms with E-state index in [4.69, 9.17) is 0 Å². The van der Waals surface area contributed by atoms with E-state index in [0.29, 0.717) is 12.2 Å². The van der Waals surface area contributed by atoms with Crippen LogP contribution in [0.1, 0.15) is 10.4 Å². The van der Waals surface area contributed by atoms with E-state index in [0.717, 1.165) is 16.6 Å². The fourth-order valence-corrected chi connectivity index (χ4v) is 2.60. The van der Waals surface area contributed by atoms with Gasteiger partial charge in [-0.2, -0.15) is 0 Å². The molecule has 0 spiro atoms. The summed E-state index contributed by atoms with van der Waals surface area (Å²) in [6.07, 6.45) is 2.88. The largest absolute Gasteiger partial charge is 0.383 e. The first-order chi connectivity index (χ1) is 8.27. The molecule has 0 saturated heterocycles. The molecule has 0 fully saturated rings. The fourth-order valence-electron chi connectivity index (χ4n) is 2.60. The number of aliphatic hydroxyl groups excluding tert-OH is 1. The Morgan fingerprint density at radius 1 is 1.41 bits per heavy atom. The third-order valence-corrected chi connectivity index (χ3v) is 3.32. The molecule has 0 saturated carbocycles. The molecule has 1 N–H and O–H groups in total. The molecule has 84 valence electrons. The van der Waals surface area contributed by atoms with E-state index in [9.17, 15) is 9.90 Å². The van der Waals surface area contributed by atoms with Crippen LogP contribution in [0.3, 0.4) is 0 Å². The van der Waals surface area contributed by atoms with Crippen molar-refractivity contribution >= 4 is 22.7 Å². The molecule has 5 heteroatoms. The van der Waals surface area contributed by atoms with Gasteiger partial charge in [-0.3, -0.25) is 9.20 Å². The van der Waals surface area contributed by atoms with Crippen molar-refractivity contribution in [2.75, 3.05) is 0 Å².